The fraction of sp³-hybridized carbons (Fsp3) is 0.278. The third-order valence-electron chi connectivity index (χ3n) is 3.64. The number of hydrogen-bond donors (Lipinski definition) is 2. The van der Waals surface area contributed by atoms with Crippen LogP contribution in [0.4, 0.5) is 5.69 Å². The SMILES string of the molecule is Cc1ccc(C)c(NC(=[NH+]C2CC2)c2ccccc2)c1. The summed E-state index contributed by atoms with van der Waals surface area (Å²) in [5.41, 5.74) is 4.93. The molecule has 0 radical (unpaired) electrons. The quantitative estimate of drug-likeness (QED) is 0.647. The van der Waals surface area contributed by atoms with Gasteiger partial charge in [-0.2, -0.15) is 0 Å². The second kappa shape index (κ2) is 5.49. The summed E-state index contributed by atoms with van der Waals surface area (Å²) in [6.45, 7) is 4.27. The Morgan fingerprint density at radius 3 is 2.50 bits per heavy atom. The fourth-order valence-corrected chi connectivity index (χ4v) is 2.23. The first-order valence-electron chi connectivity index (χ1n) is 7.25. The van der Waals surface area contributed by atoms with Crippen molar-refractivity contribution in [1.29, 1.82) is 0 Å². The van der Waals surface area contributed by atoms with Crippen LogP contribution in [0.3, 0.4) is 0 Å². The largest absolute Gasteiger partial charge is 0.280 e. The van der Waals surface area contributed by atoms with Crippen LogP contribution in [-0.4, -0.2) is 11.9 Å². The number of rotatable bonds is 3. The van der Waals surface area contributed by atoms with Gasteiger partial charge < -0.3 is 0 Å². The van der Waals surface area contributed by atoms with Crippen molar-refractivity contribution in [3.05, 3.63) is 65.2 Å². The molecule has 0 amide bonds. The lowest BCUT2D eigenvalue weighted by molar-refractivity contribution is -0.472. The predicted octanol–water partition coefficient (Wildman–Crippen LogP) is 2.41. The highest BCUT2D eigenvalue weighted by atomic mass is 15.0. The molecule has 0 unspecified atom stereocenters. The van der Waals surface area contributed by atoms with E-state index in [1.807, 2.05) is 0 Å². The standard InChI is InChI=1S/C18H20N2/c1-13-8-9-14(2)17(12-13)20-18(19-16-10-11-16)15-6-4-3-5-7-15/h3-9,12,16H,10-11H2,1-2H3,(H,19,20)/p+1. The van der Waals surface area contributed by atoms with Crippen molar-refractivity contribution in [2.24, 2.45) is 0 Å². The first kappa shape index (κ1) is 12.9. The first-order valence-corrected chi connectivity index (χ1v) is 7.25. The molecule has 2 aromatic rings. The highest BCUT2D eigenvalue weighted by Crippen LogP contribution is 2.17. The lowest BCUT2D eigenvalue weighted by atomic mass is 10.1. The van der Waals surface area contributed by atoms with Crippen LogP contribution >= 0.6 is 0 Å². The fourth-order valence-electron chi connectivity index (χ4n) is 2.23. The molecule has 0 heterocycles. The molecule has 0 spiro atoms. The van der Waals surface area contributed by atoms with E-state index in [9.17, 15) is 0 Å². The van der Waals surface area contributed by atoms with Gasteiger partial charge in [0.2, 0.25) is 0 Å². The van der Waals surface area contributed by atoms with Gasteiger partial charge in [0.1, 0.15) is 5.69 Å². The van der Waals surface area contributed by atoms with Gasteiger partial charge in [-0.1, -0.05) is 30.3 Å². The zero-order valence-electron chi connectivity index (χ0n) is 12.1. The summed E-state index contributed by atoms with van der Waals surface area (Å²) in [7, 11) is 0. The van der Waals surface area contributed by atoms with Crippen molar-refractivity contribution in [2.75, 3.05) is 5.32 Å². The molecule has 20 heavy (non-hydrogen) atoms. The van der Waals surface area contributed by atoms with Gasteiger partial charge in [0.25, 0.3) is 5.84 Å². The van der Waals surface area contributed by atoms with Gasteiger partial charge in [0.15, 0.2) is 0 Å². The molecule has 2 N–H and O–H groups in total. The van der Waals surface area contributed by atoms with Crippen molar-refractivity contribution >= 4 is 11.5 Å². The van der Waals surface area contributed by atoms with E-state index in [0.29, 0.717) is 6.04 Å². The molecule has 1 fully saturated rings. The van der Waals surface area contributed by atoms with Gasteiger partial charge >= 0.3 is 0 Å². The zero-order valence-corrected chi connectivity index (χ0v) is 12.1. The molecule has 0 aromatic heterocycles. The topological polar surface area (TPSA) is 26.0 Å². The number of amidine groups is 1. The zero-order chi connectivity index (χ0) is 13.9. The Bertz CT molecular complexity index is 625. The average Bonchev–Trinajstić information content (AvgIpc) is 3.27. The van der Waals surface area contributed by atoms with E-state index < -0.39 is 0 Å². The van der Waals surface area contributed by atoms with E-state index in [4.69, 9.17) is 0 Å². The van der Waals surface area contributed by atoms with Crippen LogP contribution in [0.25, 0.3) is 0 Å². The highest BCUT2D eigenvalue weighted by Gasteiger charge is 2.25. The average molecular weight is 265 g/mol. The molecule has 1 aliphatic rings. The third-order valence-corrected chi connectivity index (χ3v) is 3.64. The number of aryl methyl sites for hydroxylation is 2. The molecule has 0 bridgehead atoms. The molecule has 2 heteroatoms. The molecule has 3 rings (SSSR count). The maximum Gasteiger partial charge on any atom is 0.280 e. The minimum atomic E-state index is 0.628. The van der Waals surface area contributed by atoms with Crippen molar-refractivity contribution in [2.45, 2.75) is 32.7 Å². The Balaban J connectivity index is 1.93. The first-order chi connectivity index (χ1) is 9.72. The van der Waals surface area contributed by atoms with Gasteiger partial charge in [0.05, 0.1) is 11.6 Å². The van der Waals surface area contributed by atoms with Crippen LogP contribution in [0, 0.1) is 13.8 Å². The highest BCUT2D eigenvalue weighted by molar-refractivity contribution is 6.04. The van der Waals surface area contributed by atoms with E-state index in [1.54, 1.807) is 0 Å². The normalized spacial score (nSPS) is 15.2. The van der Waals surface area contributed by atoms with Crippen LogP contribution in [0.5, 0.6) is 0 Å². The molecule has 0 atom stereocenters. The van der Waals surface area contributed by atoms with Crippen molar-refractivity contribution in [3.8, 4) is 0 Å². The Hall–Kier alpha value is -2.09. The summed E-state index contributed by atoms with van der Waals surface area (Å²) in [5, 5.41) is 3.58. The van der Waals surface area contributed by atoms with E-state index >= 15 is 0 Å². The summed E-state index contributed by atoms with van der Waals surface area (Å²) >= 11 is 0. The Morgan fingerprint density at radius 1 is 1.05 bits per heavy atom. The van der Waals surface area contributed by atoms with Crippen molar-refractivity contribution in [1.82, 2.24) is 0 Å². The minimum Gasteiger partial charge on any atom is -0.271 e. The van der Waals surface area contributed by atoms with Crippen LogP contribution in [0.2, 0.25) is 0 Å². The summed E-state index contributed by atoms with van der Waals surface area (Å²) in [6.07, 6.45) is 2.54. The lowest BCUT2D eigenvalue weighted by Gasteiger charge is -2.07. The van der Waals surface area contributed by atoms with Crippen molar-refractivity contribution < 1.29 is 4.99 Å². The van der Waals surface area contributed by atoms with E-state index in [2.05, 4.69) is 72.7 Å². The molecule has 1 aliphatic carbocycles. The van der Waals surface area contributed by atoms with Gasteiger partial charge in [-0.15, -0.1) is 0 Å². The minimum absolute atomic E-state index is 0.628. The molecule has 1 saturated carbocycles. The number of anilines is 1. The number of benzene rings is 2. The second-order valence-electron chi connectivity index (χ2n) is 5.60. The van der Waals surface area contributed by atoms with Gasteiger partial charge in [-0.05, 0) is 56.0 Å². The molecular weight excluding hydrogens is 244 g/mol. The molecule has 102 valence electrons. The number of nitrogens with one attached hydrogen (secondary N) is 2. The maximum atomic E-state index is 3.61. The van der Waals surface area contributed by atoms with Crippen molar-refractivity contribution in [3.63, 3.8) is 0 Å². The van der Waals surface area contributed by atoms with Gasteiger partial charge in [0, 0.05) is 0 Å². The predicted molar refractivity (Wildman–Crippen MR) is 84.1 cm³/mol. The van der Waals surface area contributed by atoms with Crippen LogP contribution in [-0.2, 0) is 0 Å². The van der Waals surface area contributed by atoms with Crippen LogP contribution < -0.4 is 10.3 Å². The van der Waals surface area contributed by atoms with Crippen LogP contribution in [0.1, 0.15) is 29.5 Å². The molecule has 0 saturated heterocycles. The van der Waals surface area contributed by atoms with Gasteiger partial charge in [-0.25, -0.2) is 5.32 Å². The Morgan fingerprint density at radius 2 is 1.80 bits per heavy atom. The maximum absolute atomic E-state index is 3.61. The van der Waals surface area contributed by atoms with E-state index in [1.165, 1.54) is 35.2 Å². The third kappa shape index (κ3) is 3.08. The lowest BCUT2D eigenvalue weighted by Crippen LogP contribution is -2.76. The van der Waals surface area contributed by atoms with Gasteiger partial charge in [-0.3, -0.25) is 4.99 Å². The molecule has 0 aliphatic heterocycles. The second-order valence-corrected chi connectivity index (χ2v) is 5.60. The molecule has 2 nitrogen and oxygen atoms in total. The smallest absolute Gasteiger partial charge is 0.271 e. The molecular formula is C18H21N2+. The van der Waals surface area contributed by atoms with Crippen LogP contribution in [0.15, 0.2) is 48.5 Å². The Kier molecular flexibility index (Phi) is 3.55. The van der Waals surface area contributed by atoms with E-state index in [0.717, 1.165) is 5.84 Å². The summed E-state index contributed by atoms with van der Waals surface area (Å²) in [4.78, 5) is 3.61. The summed E-state index contributed by atoms with van der Waals surface area (Å²) in [5.74, 6) is 1.11. The summed E-state index contributed by atoms with van der Waals surface area (Å²) < 4.78 is 0. The van der Waals surface area contributed by atoms with E-state index in [-0.39, 0.29) is 0 Å². The molecule has 2 aromatic carbocycles. The Labute approximate surface area is 120 Å². The monoisotopic (exact) mass is 265 g/mol. The number of hydrogen-bond acceptors (Lipinski definition) is 0. The summed E-state index contributed by atoms with van der Waals surface area (Å²) in [6, 6.07) is 17.6.